The topological polar surface area (TPSA) is 61.3 Å². The molecule has 0 amide bonds. The van der Waals surface area contributed by atoms with E-state index in [2.05, 4.69) is 10.2 Å². The molecule has 1 aromatic heterocycles. The Morgan fingerprint density at radius 1 is 1.32 bits per heavy atom. The van der Waals surface area contributed by atoms with E-state index in [-0.39, 0.29) is 5.78 Å². The molecule has 0 saturated carbocycles. The summed E-state index contributed by atoms with van der Waals surface area (Å²) in [6.45, 7) is 1.07. The predicted octanol–water partition coefficient (Wildman–Crippen LogP) is 2.28. The lowest BCUT2D eigenvalue weighted by atomic mass is 10.1. The Bertz CT molecular complexity index is 587. The van der Waals surface area contributed by atoms with Gasteiger partial charge in [0, 0.05) is 5.56 Å². The van der Waals surface area contributed by atoms with Crippen molar-refractivity contribution in [1.29, 1.82) is 0 Å². The standard InChI is InChI=1S/C12H10N2O3S2/c15-9(6-18-12-14-13-7-19-12)8-1-2-10-11(5-8)17-4-3-16-10/h1-2,5,7H,3-4,6H2. The first-order chi connectivity index (χ1) is 9.33. The Morgan fingerprint density at radius 3 is 2.95 bits per heavy atom. The molecule has 2 heterocycles. The number of carbonyl (C=O) groups excluding carboxylic acids is 1. The van der Waals surface area contributed by atoms with Crippen molar-refractivity contribution in [3.05, 3.63) is 29.3 Å². The fourth-order valence-electron chi connectivity index (χ4n) is 1.65. The van der Waals surface area contributed by atoms with E-state index in [1.165, 1.54) is 23.1 Å². The zero-order valence-electron chi connectivity index (χ0n) is 9.87. The average Bonchev–Trinajstić information content (AvgIpc) is 2.97. The lowest BCUT2D eigenvalue weighted by Gasteiger charge is -2.18. The molecule has 19 heavy (non-hydrogen) atoms. The zero-order valence-corrected chi connectivity index (χ0v) is 11.5. The molecule has 0 saturated heterocycles. The molecule has 1 aromatic carbocycles. The van der Waals surface area contributed by atoms with Gasteiger partial charge in [-0.15, -0.1) is 10.2 Å². The highest BCUT2D eigenvalue weighted by atomic mass is 32.2. The van der Waals surface area contributed by atoms with Crippen LogP contribution in [0.2, 0.25) is 0 Å². The van der Waals surface area contributed by atoms with E-state index < -0.39 is 0 Å². The van der Waals surface area contributed by atoms with Crippen LogP contribution in [0.25, 0.3) is 0 Å². The molecule has 1 aliphatic rings. The quantitative estimate of drug-likeness (QED) is 0.637. The van der Waals surface area contributed by atoms with Gasteiger partial charge < -0.3 is 9.47 Å². The number of fused-ring (bicyclic) bond motifs is 1. The summed E-state index contributed by atoms with van der Waals surface area (Å²) in [7, 11) is 0. The summed E-state index contributed by atoms with van der Waals surface area (Å²) in [4.78, 5) is 12.1. The van der Waals surface area contributed by atoms with Crippen LogP contribution in [0.15, 0.2) is 28.0 Å². The normalized spacial score (nSPS) is 13.3. The summed E-state index contributed by atoms with van der Waals surface area (Å²) in [6, 6.07) is 5.27. The second-order valence-electron chi connectivity index (χ2n) is 3.77. The van der Waals surface area contributed by atoms with Crippen LogP contribution in [0, 0.1) is 0 Å². The molecular weight excluding hydrogens is 284 g/mol. The van der Waals surface area contributed by atoms with Gasteiger partial charge in [-0.05, 0) is 18.2 Å². The first-order valence-corrected chi connectivity index (χ1v) is 7.51. The number of nitrogens with zero attached hydrogens (tertiary/aromatic N) is 2. The van der Waals surface area contributed by atoms with Crippen LogP contribution in [0.4, 0.5) is 0 Å². The molecule has 0 spiro atoms. The molecule has 2 aromatic rings. The Morgan fingerprint density at radius 2 is 2.16 bits per heavy atom. The van der Waals surface area contributed by atoms with Crippen LogP contribution in [0.3, 0.4) is 0 Å². The van der Waals surface area contributed by atoms with E-state index in [4.69, 9.17) is 9.47 Å². The van der Waals surface area contributed by atoms with E-state index in [9.17, 15) is 4.79 Å². The maximum atomic E-state index is 12.1. The molecule has 98 valence electrons. The largest absolute Gasteiger partial charge is 0.486 e. The van der Waals surface area contributed by atoms with Crippen molar-refractivity contribution in [2.45, 2.75) is 4.34 Å². The van der Waals surface area contributed by atoms with Gasteiger partial charge in [-0.25, -0.2) is 0 Å². The van der Waals surface area contributed by atoms with E-state index in [1.807, 2.05) is 0 Å². The number of aromatic nitrogens is 2. The van der Waals surface area contributed by atoms with Gasteiger partial charge in [-0.3, -0.25) is 4.79 Å². The SMILES string of the molecule is O=C(CSc1nncs1)c1ccc2c(c1)OCCO2. The molecular formula is C12H10N2O3S2. The fraction of sp³-hybridized carbons (Fsp3) is 0.250. The van der Waals surface area contributed by atoms with Crippen molar-refractivity contribution >= 4 is 28.9 Å². The van der Waals surface area contributed by atoms with Crippen LogP contribution in [0.5, 0.6) is 11.5 Å². The van der Waals surface area contributed by atoms with Crippen molar-refractivity contribution in [3.63, 3.8) is 0 Å². The molecule has 0 fully saturated rings. The van der Waals surface area contributed by atoms with Crippen LogP contribution in [-0.2, 0) is 0 Å². The highest BCUT2D eigenvalue weighted by molar-refractivity contribution is 8.01. The Balaban J connectivity index is 1.69. The van der Waals surface area contributed by atoms with Gasteiger partial charge in [0.2, 0.25) is 0 Å². The summed E-state index contributed by atoms with van der Waals surface area (Å²) >= 11 is 2.82. The minimum Gasteiger partial charge on any atom is -0.486 e. The number of hydrogen-bond acceptors (Lipinski definition) is 7. The third-order valence-corrected chi connectivity index (χ3v) is 4.39. The van der Waals surface area contributed by atoms with Crippen molar-refractivity contribution in [3.8, 4) is 11.5 Å². The van der Waals surface area contributed by atoms with Crippen molar-refractivity contribution in [2.75, 3.05) is 19.0 Å². The lowest BCUT2D eigenvalue weighted by Crippen LogP contribution is -2.16. The van der Waals surface area contributed by atoms with Crippen molar-refractivity contribution < 1.29 is 14.3 Å². The average molecular weight is 294 g/mol. The second kappa shape index (κ2) is 5.58. The first-order valence-electron chi connectivity index (χ1n) is 5.65. The van der Waals surface area contributed by atoms with Crippen LogP contribution in [-0.4, -0.2) is 34.9 Å². The number of ether oxygens (including phenoxy) is 2. The maximum Gasteiger partial charge on any atom is 0.174 e. The monoisotopic (exact) mass is 294 g/mol. The minimum absolute atomic E-state index is 0.0390. The summed E-state index contributed by atoms with van der Waals surface area (Å²) < 4.78 is 11.7. The van der Waals surface area contributed by atoms with Crippen LogP contribution >= 0.6 is 23.1 Å². The van der Waals surface area contributed by atoms with Gasteiger partial charge in [-0.1, -0.05) is 23.1 Å². The predicted molar refractivity (Wildman–Crippen MR) is 72.4 cm³/mol. The lowest BCUT2D eigenvalue weighted by molar-refractivity contribution is 0.102. The van der Waals surface area contributed by atoms with E-state index in [0.29, 0.717) is 36.0 Å². The minimum atomic E-state index is 0.0390. The Kier molecular flexibility index (Phi) is 3.65. The van der Waals surface area contributed by atoms with Crippen LogP contribution < -0.4 is 9.47 Å². The summed E-state index contributed by atoms with van der Waals surface area (Å²) in [5.41, 5.74) is 2.28. The number of ketones is 1. The van der Waals surface area contributed by atoms with Crippen LogP contribution in [0.1, 0.15) is 10.4 Å². The number of Topliss-reactive ketones (excluding diaryl/α,β-unsaturated/α-hetero) is 1. The number of hydrogen-bond donors (Lipinski definition) is 0. The second-order valence-corrected chi connectivity index (χ2v) is 5.83. The first kappa shape index (κ1) is 12.4. The molecule has 0 radical (unpaired) electrons. The number of rotatable bonds is 4. The summed E-state index contributed by atoms with van der Waals surface area (Å²) in [5, 5.41) is 7.62. The maximum absolute atomic E-state index is 12.1. The molecule has 1 aliphatic heterocycles. The third-order valence-electron chi connectivity index (χ3n) is 2.53. The highest BCUT2D eigenvalue weighted by Gasteiger charge is 2.15. The van der Waals surface area contributed by atoms with E-state index in [0.717, 1.165) is 4.34 Å². The Hall–Kier alpha value is -1.60. The smallest absolute Gasteiger partial charge is 0.174 e. The number of benzene rings is 1. The molecule has 0 bridgehead atoms. The highest BCUT2D eigenvalue weighted by Crippen LogP contribution is 2.31. The fourth-order valence-corrected chi connectivity index (χ4v) is 3.04. The number of thioether (sulfide) groups is 1. The van der Waals surface area contributed by atoms with Gasteiger partial charge in [0.1, 0.15) is 18.7 Å². The summed E-state index contributed by atoms with van der Waals surface area (Å²) in [6.07, 6.45) is 0. The third kappa shape index (κ3) is 2.87. The van der Waals surface area contributed by atoms with Crippen molar-refractivity contribution in [2.24, 2.45) is 0 Å². The zero-order chi connectivity index (χ0) is 13.1. The Labute approximate surface area is 118 Å². The summed E-state index contributed by atoms with van der Waals surface area (Å²) in [5.74, 6) is 1.71. The molecule has 0 N–H and O–H groups in total. The molecule has 3 rings (SSSR count). The molecule has 5 nitrogen and oxygen atoms in total. The van der Waals surface area contributed by atoms with E-state index >= 15 is 0 Å². The van der Waals surface area contributed by atoms with Gasteiger partial charge in [-0.2, -0.15) is 0 Å². The van der Waals surface area contributed by atoms with Gasteiger partial charge in [0.15, 0.2) is 21.6 Å². The van der Waals surface area contributed by atoms with Gasteiger partial charge >= 0.3 is 0 Å². The molecule has 0 aliphatic carbocycles. The van der Waals surface area contributed by atoms with Crippen molar-refractivity contribution in [1.82, 2.24) is 10.2 Å². The van der Waals surface area contributed by atoms with Gasteiger partial charge in [0.25, 0.3) is 0 Å². The van der Waals surface area contributed by atoms with Gasteiger partial charge in [0.05, 0.1) is 5.75 Å². The number of carbonyl (C=O) groups is 1. The molecule has 0 unspecified atom stereocenters. The van der Waals surface area contributed by atoms with E-state index in [1.54, 1.807) is 23.7 Å². The molecule has 0 atom stereocenters. The molecule has 7 heteroatoms.